The van der Waals surface area contributed by atoms with Crippen LogP contribution in [0.3, 0.4) is 0 Å². The van der Waals surface area contributed by atoms with E-state index in [1.54, 1.807) is 37.1 Å². The Kier molecular flexibility index (Phi) is 6.04. The maximum atomic E-state index is 10.8. The van der Waals surface area contributed by atoms with Crippen molar-refractivity contribution >= 4 is 18.0 Å². The molecule has 0 aliphatic heterocycles. The Bertz CT molecular complexity index is 671. The van der Waals surface area contributed by atoms with Gasteiger partial charge in [0.1, 0.15) is 12.1 Å². The van der Waals surface area contributed by atoms with E-state index in [0.717, 1.165) is 23.0 Å². The Labute approximate surface area is 140 Å². The number of carbonyl (C=O) groups excluding carboxylic acids is 1. The van der Waals surface area contributed by atoms with E-state index in [9.17, 15) is 4.79 Å². The molecule has 0 radical (unpaired) electrons. The number of methoxy groups -OCH3 is 1. The summed E-state index contributed by atoms with van der Waals surface area (Å²) >= 11 is 1.59. The molecule has 0 saturated heterocycles. The minimum atomic E-state index is 0.346. The molecule has 0 bridgehead atoms. The average Bonchev–Trinajstić information content (AvgIpc) is 2.92. The van der Waals surface area contributed by atoms with E-state index in [1.165, 1.54) is 0 Å². The number of aldehydes is 1. The van der Waals surface area contributed by atoms with Crippen molar-refractivity contribution in [3.63, 3.8) is 0 Å². The lowest BCUT2D eigenvalue weighted by Crippen LogP contribution is -2.04. The molecule has 6 nitrogen and oxygen atoms in total. The molecule has 2 rings (SSSR count). The number of carbonyl (C=O) groups is 1. The van der Waals surface area contributed by atoms with Crippen LogP contribution in [-0.4, -0.2) is 40.5 Å². The molecule has 0 fully saturated rings. The first-order valence-electron chi connectivity index (χ1n) is 7.35. The summed E-state index contributed by atoms with van der Waals surface area (Å²) in [6, 6.07) is 5.11. The van der Waals surface area contributed by atoms with Gasteiger partial charge in [-0.1, -0.05) is 25.6 Å². The number of thioether (sulfide) groups is 1. The molecule has 1 heterocycles. The molecular formula is C16H21N3O3S. The van der Waals surface area contributed by atoms with Crippen LogP contribution in [0.4, 0.5) is 0 Å². The fraction of sp³-hybridized carbons (Fsp3) is 0.438. The molecule has 2 aromatic rings. The van der Waals surface area contributed by atoms with Gasteiger partial charge in [-0.3, -0.25) is 4.79 Å². The molecule has 7 heteroatoms. The van der Waals surface area contributed by atoms with Crippen molar-refractivity contribution in [1.29, 1.82) is 0 Å². The highest BCUT2D eigenvalue weighted by atomic mass is 32.2. The lowest BCUT2D eigenvalue weighted by molar-refractivity contribution is 0.112. The van der Waals surface area contributed by atoms with Gasteiger partial charge in [-0.25, -0.2) is 0 Å². The Morgan fingerprint density at radius 2 is 2.09 bits per heavy atom. The van der Waals surface area contributed by atoms with Crippen LogP contribution >= 0.6 is 11.8 Å². The number of ether oxygens (including phenoxy) is 2. The smallest absolute Gasteiger partial charge is 0.191 e. The molecule has 0 aliphatic rings. The van der Waals surface area contributed by atoms with Crippen LogP contribution in [0.1, 0.15) is 35.9 Å². The van der Waals surface area contributed by atoms with Crippen LogP contribution in [0.25, 0.3) is 0 Å². The first-order valence-corrected chi connectivity index (χ1v) is 8.33. The highest BCUT2D eigenvalue weighted by molar-refractivity contribution is 7.99. The van der Waals surface area contributed by atoms with E-state index in [4.69, 9.17) is 9.47 Å². The monoisotopic (exact) mass is 335 g/mol. The van der Waals surface area contributed by atoms with Crippen molar-refractivity contribution in [3.8, 4) is 11.5 Å². The number of aromatic nitrogens is 3. The van der Waals surface area contributed by atoms with Crippen molar-refractivity contribution < 1.29 is 14.3 Å². The second-order valence-corrected chi connectivity index (χ2v) is 6.34. The van der Waals surface area contributed by atoms with E-state index in [0.29, 0.717) is 29.6 Å². The van der Waals surface area contributed by atoms with E-state index in [2.05, 4.69) is 24.0 Å². The largest absolute Gasteiger partial charge is 0.493 e. The maximum Gasteiger partial charge on any atom is 0.191 e. The second-order valence-electron chi connectivity index (χ2n) is 5.28. The summed E-state index contributed by atoms with van der Waals surface area (Å²) in [5.74, 6) is 3.24. The van der Waals surface area contributed by atoms with Crippen molar-refractivity contribution in [2.24, 2.45) is 7.05 Å². The molecule has 0 amide bonds. The standard InChI is InChI=1S/C16H21N3O3S/c1-11(2)15-17-18-16(19(15)3)23-8-7-22-13-6-5-12(10-20)9-14(13)21-4/h5-6,9-11H,7-8H2,1-4H3. The Balaban J connectivity index is 1.89. The summed E-state index contributed by atoms with van der Waals surface area (Å²) in [6.07, 6.45) is 0.780. The molecule has 0 atom stereocenters. The molecule has 0 saturated carbocycles. The number of hydrogen-bond acceptors (Lipinski definition) is 6. The number of rotatable bonds is 8. The van der Waals surface area contributed by atoms with E-state index < -0.39 is 0 Å². The number of hydrogen-bond donors (Lipinski definition) is 0. The minimum absolute atomic E-state index is 0.346. The number of benzene rings is 1. The molecular weight excluding hydrogens is 314 g/mol. The van der Waals surface area contributed by atoms with Crippen molar-refractivity contribution in [2.75, 3.05) is 19.5 Å². The second kappa shape index (κ2) is 8.01. The Morgan fingerprint density at radius 1 is 1.30 bits per heavy atom. The van der Waals surface area contributed by atoms with Crippen molar-refractivity contribution in [1.82, 2.24) is 14.8 Å². The topological polar surface area (TPSA) is 66.2 Å². The van der Waals surface area contributed by atoms with Crippen LogP contribution in [0.2, 0.25) is 0 Å². The van der Waals surface area contributed by atoms with Crippen molar-refractivity contribution in [3.05, 3.63) is 29.6 Å². The Hall–Kier alpha value is -2.02. The van der Waals surface area contributed by atoms with Gasteiger partial charge in [-0.2, -0.15) is 0 Å². The van der Waals surface area contributed by atoms with E-state index in [-0.39, 0.29) is 0 Å². The summed E-state index contributed by atoms with van der Waals surface area (Å²) in [7, 11) is 3.53. The zero-order valence-corrected chi connectivity index (χ0v) is 14.6. The fourth-order valence-electron chi connectivity index (χ4n) is 2.12. The molecule has 1 aromatic heterocycles. The highest BCUT2D eigenvalue weighted by Gasteiger charge is 2.12. The molecule has 23 heavy (non-hydrogen) atoms. The quantitative estimate of drug-likeness (QED) is 0.420. The summed E-state index contributed by atoms with van der Waals surface area (Å²) in [5.41, 5.74) is 0.559. The molecule has 0 aliphatic carbocycles. The zero-order valence-electron chi connectivity index (χ0n) is 13.8. The lowest BCUT2D eigenvalue weighted by atomic mass is 10.2. The molecule has 0 unspecified atom stereocenters. The van der Waals surface area contributed by atoms with Gasteiger partial charge in [0.05, 0.1) is 13.7 Å². The van der Waals surface area contributed by atoms with Gasteiger partial charge < -0.3 is 14.0 Å². The van der Waals surface area contributed by atoms with E-state index in [1.807, 2.05) is 11.6 Å². The van der Waals surface area contributed by atoms with Crippen LogP contribution in [0.15, 0.2) is 23.4 Å². The fourth-order valence-corrected chi connectivity index (χ4v) is 2.85. The minimum Gasteiger partial charge on any atom is -0.493 e. The van der Waals surface area contributed by atoms with E-state index >= 15 is 0 Å². The third-order valence-corrected chi connectivity index (χ3v) is 4.27. The predicted molar refractivity (Wildman–Crippen MR) is 89.7 cm³/mol. The van der Waals surface area contributed by atoms with Gasteiger partial charge >= 0.3 is 0 Å². The SMILES string of the molecule is COc1cc(C=O)ccc1OCCSc1nnc(C(C)C)n1C. The summed E-state index contributed by atoms with van der Waals surface area (Å²) in [6.45, 7) is 4.69. The first kappa shape index (κ1) is 17.3. The maximum absolute atomic E-state index is 10.8. The normalized spacial score (nSPS) is 10.8. The predicted octanol–water partition coefficient (Wildman–Crippen LogP) is 2.93. The van der Waals surface area contributed by atoms with Crippen molar-refractivity contribution in [2.45, 2.75) is 24.9 Å². The van der Waals surface area contributed by atoms with Gasteiger partial charge in [0.25, 0.3) is 0 Å². The zero-order chi connectivity index (χ0) is 16.8. The van der Waals surface area contributed by atoms with Gasteiger partial charge in [0, 0.05) is 24.3 Å². The molecule has 0 N–H and O–H groups in total. The lowest BCUT2D eigenvalue weighted by Gasteiger charge is -2.11. The molecule has 124 valence electrons. The highest BCUT2D eigenvalue weighted by Crippen LogP contribution is 2.28. The van der Waals surface area contributed by atoms with Crippen LogP contribution < -0.4 is 9.47 Å². The van der Waals surface area contributed by atoms with Crippen LogP contribution in [0.5, 0.6) is 11.5 Å². The van der Waals surface area contributed by atoms with Gasteiger partial charge in [-0.05, 0) is 18.2 Å². The summed E-state index contributed by atoms with van der Waals surface area (Å²) in [4.78, 5) is 10.8. The van der Waals surface area contributed by atoms with Gasteiger partial charge in [-0.15, -0.1) is 10.2 Å². The van der Waals surface area contributed by atoms with Crippen LogP contribution in [0, 0.1) is 0 Å². The van der Waals surface area contributed by atoms with Gasteiger partial charge in [0.15, 0.2) is 16.7 Å². The third kappa shape index (κ3) is 4.25. The summed E-state index contributed by atoms with van der Waals surface area (Å²) < 4.78 is 13.0. The molecule has 1 aromatic carbocycles. The third-order valence-electron chi connectivity index (χ3n) is 3.28. The first-order chi connectivity index (χ1) is 11.1. The Morgan fingerprint density at radius 3 is 2.70 bits per heavy atom. The molecule has 0 spiro atoms. The summed E-state index contributed by atoms with van der Waals surface area (Å²) in [5, 5.41) is 9.27. The van der Waals surface area contributed by atoms with Crippen LogP contribution in [-0.2, 0) is 7.05 Å². The number of nitrogens with zero attached hydrogens (tertiary/aromatic N) is 3. The van der Waals surface area contributed by atoms with Gasteiger partial charge in [0.2, 0.25) is 0 Å². The average molecular weight is 335 g/mol.